The zero-order valence-electron chi connectivity index (χ0n) is 21.0. The molecule has 4 aromatic rings. The number of nitrogens with two attached hydrogens (primary N) is 1. The van der Waals surface area contributed by atoms with Gasteiger partial charge in [-0.1, -0.05) is 53.5 Å². The van der Waals surface area contributed by atoms with Gasteiger partial charge in [0.2, 0.25) is 5.91 Å². The largest absolute Gasteiger partial charge is 0.489 e. The van der Waals surface area contributed by atoms with Gasteiger partial charge in [0.15, 0.2) is 5.75 Å². The molecule has 1 unspecified atom stereocenters. The standard InChI is InChI=1S/C29H27Cl2N5O3/c30-21-8-4-19(5-9-21)14-25(28(32)37)34-29(38)24-2-1-3-26-27(24)39-13-12-35(26)17-23-15-33-18-36(23)16-20-6-10-22(31)11-7-20/h1-11,15,18,25H,12-14,16-17H2,(H2,32,37)(H,34,38). The van der Waals surface area contributed by atoms with Gasteiger partial charge in [0.25, 0.3) is 5.91 Å². The molecule has 200 valence electrons. The zero-order chi connectivity index (χ0) is 27.4. The van der Waals surface area contributed by atoms with E-state index >= 15 is 0 Å². The Labute approximate surface area is 236 Å². The van der Waals surface area contributed by atoms with Crippen molar-refractivity contribution in [2.45, 2.75) is 25.6 Å². The van der Waals surface area contributed by atoms with Crippen molar-refractivity contribution in [2.24, 2.45) is 5.73 Å². The molecule has 0 bridgehead atoms. The summed E-state index contributed by atoms with van der Waals surface area (Å²) in [6, 6.07) is 19.3. The molecule has 1 aromatic heterocycles. The number of para-hydroxylation sites is 1. The average Bonchev–Trinajstić information content (AvgIpc) is 3.36. The highest BCUT2D eigenvalue weighted by atomic mass is 35.5. The third-order valence-corrected chi connectivity index (χ3v) is 7.11. The SMILES string of the molecule is NC(=O)C(Cc1ccc(Cl)cc1)NC(=O)c1cccc2c1OCCN2Cc1cncn1Cc1ccc(Cl)cc1. The van der Waals surface area contributed by atoms with Crippen molar-refractivity contribution in [3.05, 3.63) is 112 Å². The first kappa shape index (κ1) is 26.6. The summed E-state index contributed by atoms with van der Waals surface area (Å²) in [5, 5.41) is 4.06. The van der Waals surface area contributed by atoms with Crippen LogP contribution in [0, 0.1) is 0 Å². The quantitative estimate of drug-likeness (QED) is 0.313. The maximum absolute atomic E-state index is 13.3. The third kappa shape index (κ3) is 6.35. The molecule has 0 aliphatic carbocycles. The molecule has 1 aliphatic rings. The van der Waals surface area contributed by atoms with Gasteiger partial charge in [-0.2, -0.15) is 0 Å². The Morgan fingerprint density at radius 1 is 0.974 bits per heavy atom. The van der Waals surface area contributed by atoms with E-state index in [4.69, 9.17) is 33.7 Å². The number of anilines is 1. The van der Waals surface area contributed by atoms with Gasteiger partial charge in [-0.25, -0.2) is 4.98 Å². The molecule has 2 amide bonds. The van der Waals surface area contributed by atoms with Gasteiger partial charge in [0.1, 0.15) is 12.6 Å². The lowest BCUT2D eigenvalue weighted by atomic mass is 10.0. The minimum Gasteiger partial charge on any atom is -0.489 e. The number of hydrogen-bond acceptors (Lipinski definition) is 5. The number of ether oxygens (including phenoxy) is 1. The maximum Gasteiger partial charge on any atom is 0.255 e. The Morgan fingerprint density at radius 3 is 2.36 bits per heavy atom. The number of nitrogens with zero attached hydrogens (tertiary/aromatic N) is 3. The molecule has 39 heavy (non-hydrogen) atoms. The van der Waals surface area contributed by atoms with Gasteiger partial charge in [-0.15, -0.1) is 0 Å². The fourth-order valence-corrected chi connectivity index (χ4v) is 4.82. The number of amides is 2. The number of benzene rings is 3. The third-order valence-electron chi connectivity index (χ3n) is 6.61. The topological polar surface area (TPSA) is 102 Å². The maximum atomic E-state index is 13.3. The first-order valence-electron chi connectivity index (χ1n) is 12.5. The summed E-state index contributed by atoms with van der Waals surface area (Å²) in [4.78, 5) is 32.0. The highest BCUT2D eigenvalue weighted by Gasteiger charge is 2.27. The Kier molecular flexibility index (Phi) is 8.05. The number of aromatic nitrogens is 2. The van der Waals surface area contributed by atoms with Crippen molar-refractivity contribution in [1.29, 1.82) is 0 Å². The number of carbonyl (C=O) groups is 2. The molecule has 0 radical (unpaired) electrons. The highest BCUT2D eigenvalue weighted by Crippen LogP contribution is 2.36. The van der Waals surface area contributed by atoms with Crippen molar-refractivity contribution < 1.29 is 14.3 Å². The molecule has 0 spiro atoms. The molecule has 0 saturated carbocycles. The second-order valence-corrected chi connectivity index (χ2v) is 10.2. The predicted molar refractivity (Wildman–Crippen MR) is 151 cm³/mol. The van der Waals surface area contributed by atoms with Gasteiger partial charge in [0, 0.05) is 29.2 Å². The van der Waals surface area contributed by atoms with Crippen molar-refractivity contribution in [3.63, 3.8) is 0 Å². The fourth-order valence-electron chi connectivity index (χ4n) is 4.57. The Hall–Kier alpha value is -4.01. The van der Waals surface area contributed by atoms with Gasteiger partial charge in [0.05, 0.1) is 36.4 Å². The molecule has 1 atom stereocenters. The fraction of sp³-hybridized carbons (Fsp3) is 0.207. The Morgan fingerprint density at radius 2 is 1.67 bits per heavy atom. The van der Waals surface area contributed by atoms with Crippen LogP contribution >= 0.6 is 23.2 Å². The number of rotatable bonds is 9. The van der Waals surface area contributed by atoms with E-state index in [1.54, 1.807) is 42.7 Å². The summed E-state index contributed by atoms with van der Waals surface area (Å²) in [6.07, 6.45) is 3.90. The molecular weight excluding hydrogens is 537 g/mol. The van der Waals surface area contributed by atoms with Crippen LogP contribution in [0.4, 0.5) is 5.69 Å². The van der Waals surface area contributed by atoms with Crippen molar-refractivity contribution in [2.75, 3.05) is 18.1 Å². The summed E-state index contributed by atoms with van der Waals surface area (Å²) >= 11 is 12.0. The van der Waals surface area contributed by atoms with Crippen LogP contribution in [0.25, 0.3) is 0 Å². The average molecular weight is 564 g/mol. The second kappa shape index (κ2) is 11.8. The monoisotopic (exact) mass is 563 g/mol. The highest BCUT2D eigenvalue weighted by molar-refractivity contribution is 6.30. The molecule has 3 N–H and O–H groups in total. The van der Waals surface area contributed by atoms with E-state index in [0.717, 1.165) is 22.5 Å². The Bertz CT molecular complexity index is 1470. The van der Waals surface area contributed by atoms with Crippen molar-refractivity contribution >= 4 is 40.7 Å². The van der Waals surface area contributed by atoms with Crippen LogP contribution in [0.1, 0.15) is 27.2 Å². The number of halogens is 2. The number of imidazole rings is 1. The summed E-state index contributed by atoms with van der Waals surface area (Å²) in [6.45, 7) is 2.29. The molecule has 0 fully saturated rings. The van der Waals surface area contributed by atoms with E-state index in [-0.39, 0.29) is 6.42 Å². The van der Waals surface area contributed by atoms with Crippen LogP contribution in [0.5, 0.6) is 5.75 Å². The summed E-state index contributed by atoms with van der Waals surface area (Å²) in [5.74, 6) is -0.585. The van der Waals surface area contributed by atoms with Crippen molar-refractivity contribution in [1.82, 2.24) is 14.9 Å². The molecule has 1 aliphatic heterocycles. The Balaban J connectivity index is 1.33. The molecule has 3 aromatic carbocycles. The van der Waals surface area contributed by atoms with Gasteiger partial charge in [-0.05, 0) is 47.5 Å². The second-order valence-electron chi connectivity index (χ2n) is 9.32. The first-order chi connectivity index (χ1) is 18.9. The van der Waals surface area contributed by atoms with Crippen LogP contribution in [-0.2, 0) is 24.3 Å². The van der Waals surface area contributed by atoms with Gasteiger partial charge >= 0.3 is 0 Å². The number of fused-ring (bicyclic) bond motifs is 1. The number of nitrogens with one attached hydrogen (secondary N) is 1. The smallest absolute Gasteiger partial charge is 0.255 e. The van der Waals surface area contributed by atoms with Crippen LogP contribution in [0.15, 0.2) is 79.3 Å². The molecule has 0 saturated heterocycles. The molecular formula is C29H27Cl2N5O3. The van der Waals surface area contributed by atoms with Crippen LogP contribution in [0.3, 0.4) is 0 Å². The summed E-state index contributed by atoms with van der Waals surface area (Å²) < 4.78 is 8.05. The van der Waals surface area contributed by atoms with E-state index in [1.165, 1.54) is 0 Å². The van der Waals surface area contributed by atoms with E-state index < -0.39 is 17.9 Å². The van der Waals surface area contributed by atoms with Crippen LogP contribution in [-0.4, -0.2) is 40.6 Å². The molecule has 10 heteroatoms. The first-order valence-corrected chi connectivity index (χ1v) is 13.2. The number of hydrogen-bond donors (Lipinski definition) is 2. The summed E-state index contributed by atoms with van der Waals surface area (Å²) in [7, 11) is 0. The zero-order valence-corrected chi connectivity index (χ0v) is 22.5. The molecule has 8 nitrogen and oxygen atoms in total. The van der Waals surface area contributed by atoms with Crippen LogP contribution in [0.2, 0.25) is 10.0 Å². The predicted octanol–water partition coefficient (Wildman–Crippen LogP) is 4.46. The molecule has 2 heterocycles. The number of primary amides is 1. The lowest BCUT2D eigenvalue weighted by Gasteiger charge is -2.32. The van der Waals surface area contributed by atoms with E-state index in [2.05, 4.69) is 19.8 Å². The van der Waals surface area contributed by atoms with Crippen LogP contribution < -0.4 is 20.7 Å². The van der Waals surface area contributed by atoms with E-state index in [9.17, 15) is 9.59 Å². The minimum atomic E-state index is -0.892. The molecule has 5 rings (SSSR count). The van der Waals surface area contributed by atoms with Gasteiger partial charge < -0.3 is 25.3 Å². The lowest BCUT2D eigenvalue weighted by molar-refractivity contribution is -0.119. The van der Waals surface area contributed by atoms with E-state index in [0.29, 0.717) is 47.6 Å². The minimum absolute atomic E-state index is 0.248. The van der Waals surface area contributed by atoms with Gasteiger partial charge in [-0.3, -0.25) is 9.59 Å². The summed E-state index contributed by atoms with van der Waals surface area (Å²) in [5.41, 5.74) is 9.72. The normalized spacial score (nSPS) is 13.3. The lowest BCUT2D eigenvalue weighted by Crippen LogP contribution is -2.46. The number of carbonyl (C=O) groups excluding carboxylic acids is 2. The van der Waals surface area contributed by atoms with Crippen molar-refractivity contribution in [3.8, 4) is 5.75 Å². The van der Waals surface area contributed by atoms with E-state index in [1.807, 2.05) is 36.5 Å².